The van der Waals surface area contributed by atoms with Crippen molar-refractivity contribution in [3.63, 3.8) is 0 Å². The van der Waals surface area contributed by atoms with Gasteiger partial charge in [-0.2, -0.15) is 0 Å². The molecule has 2 aliphatic rings. The first-order valence-electron chi connectivity index (χ1n) is 8.26. The summed E-state index contributed by atoms with van der Waals surface area (Å²) in [6, 6.07) is 4.82. The van der Waals surface area contributed by atoms with E-state index < -0.39 is 0 Å². The molecule has 1 aliphatic carbocycles. The van der Waals surface area contributed by atoms with Gasteiger partial charge < -0.3 is 9.64 Å². The molecular weight excluding hydrogens is 284 g/mol. The van der Waals surface area contributed by atoms with Gasteiger partial charge in [-0.1, -0.05) is 26.2 Å². The zero-order chi connectivity index (χ0) is 14.7. The summed E-state index contributed by atoms with van der Waals surface area (Å²) in [6.45, 7) is 3.96. The number of alkyl halides is 1. The molecular formula is C17H25ClN2O. The number of hydrogen-bond acceptors (Lipinski definition) is 3. The standard InChI is InChI=1S/C17H25ClN2O/c1-2-5-14-10-13(12-18)11-17(19-14)20-8-9-21-16-7-4-3-6-15(16)20/h10-11,15-16H,2-9,12H2,1H3. The first-order valence-corrected chi connectivity index (χ1v) is 8.79. The Labute approximate surface area is 132 Å². The van der Waals surface area contributed by atoms with Gasteiger partial charge in [0.15, 0.2) is 0 Å². The molecule has 3 nitrogen and oxygen atoms in total. The van der Waals surface area contributed by atoms with E-state index in [0.29, 0.717) is 18.0 Å². The fraction of sp³-hybridized carbons (Fsp3) is 0.706. The summed E-state index contributed by atoms with van der Waals surface area (Å²) < 4.78 is 5.97. The number of anilines is 1. The first-order chi connectivity index (χ1) is 10.3. The van der Waals surface area contributed by atoms with Crippen LogP contribution in [0.25, 0.3) is 0 Å². The number of hydrogen-bond donors (Lipinski definition) is 0. The van der Waals surface area contributed by atoms with Crippen LogP contribution < -0.4 is 4.90 Å². The van der Waals surface area contributed by atoms with E-state index in [4.69, 9.17) is 21.3 Å². The van der Waals surface area contributed by atoms with Crippen LogP contribution in [-0.4, -0.2) is 30.3 Å². The zero-order valence-corrected chi connectivity index (χ0v) is 13.6. The lowest BCUT2D eigenvalue weighted by Gasteiger charge is -2.44. The molecule has 0 bridgehead atoms. The molecule has 0 amide bonds. The second kappa shape index (κ2) is 6.97. The van der Waals surface area contributed by atoms with E-state index in [0.717, 1.165) is 31.8 Å². The Hall–Kier alpha value is -0.800. The number of ether oxygens (including phenoxy) is 1. The smallest absolute Gasteiger partial charge is 0.129 e. The normalized spacial score (nSPS) is 25.7. The fourth-order valence-corrected chi connectivity index (χ4v) is 3.78. The highest BCUT2D eigenvalue weighted by atomic mass is 35.5. The summed E-state index contributed by atoms with van der Waals surface area (Å²) in [4.78, 5) is 7.37. The average Bonchev–Trinajstić information content (AvgIpc) is 2.54. The molecule has 1 aromatic rings. The van der Waals surface area contributed by atoms with Gasteiger partial charge in [0.05, 0.1) is 18.8 Å². The summed E-state index contributed by atoms with van der Waals surface area (Å²) in [5, 5.41) is 0. The van der Waals surface area contributed by atoms with Crippen molar-refractivity contribution in [3.05, 3.63) is 23.4 Å². The van der Waals surface area contributed by atoms with E-state index in [-0.39, 0.29) is 0 Å². The number of morpholine rings is 1. The second-order valence-electron chi connectivity index (χ2n) is 6.16. The van der Waals surface area contributed by atoms with Crippen molar-refractivity contribution < 1.29 is 4.74 Å². The number of nitrogens with zero attached hydrogens (tertiary/aromatic N) is 2. The maximum atomic E-state index is 6.08. The van der Waals surface area contributed by atoms with Gasteiger partial charge in [0.2, 0.25) is 0 Å². The van der Waals surface area contributed by atoms with Gasteiger partial charge >= 0.3 is 0 Å². The van der Waals surface area contributed by atoms with Gasteiger partial charge in [0.25, 0.3) is 0 Å². The van der Waals surface area contributed by atoms with Crippen molar-refractivity contribution in [2.75, 3.05) is 18.1 Å². The highest BCUT2D eigenvalue weighted by molar-refractivity contribution is 6.17. The second-order valence-corrected chi connectivity index (χ2v) is 6.43. The van der Waals surface area contributed by atoms with Crippen molar-refractivity contribution in [2.45, 2.75) is 63.5 Å². The van der Waals surface area contributed by atoms with Crippen LogP contribution in [0.3, 0.4) is 0 Å². The molecule has 2 atom stereocenters. The molecule has 1 aromatic heterocycles. The van der Waals surface area contributed by atoms with Crippen LogP contribution in [0.15, 0.2) is 12.1 Å². The van der Waals surface area contributed by atoms with Crippen LogP contribution in [-0.2, 0) is 17.0 Å². The fourth-order valence-electron chi connectivity index (χ4n) is 3.62. The minimum absolute atomic E-state index is 0.392. The third-order valence-electron chi connectivity index (χ3n) is 4.61. The molecule has 1 aliphatic heterocycles. The number of pyridine rings is 1. The maximum absolute atomic E-state index is 6.08. The number of halogens is 1. The Bertz CT molecular complexity index is 478. The Morgan fingerprint density at radius 3 is 3.00 bits per heavy atom. The van der Waals surface area contributed by atoms with E-state index in [9.17, 15) is 0 Å². The quantitative estimate of drug-likeness (QED) is 0.788. The van der Waals surface area contributed by atoms with Crippen molar-refractivity contribution in [1.29, 1.82) is 0 Å². The largest absolute Gasteiger partial charge is 0.374 e. The van der Waals surface area contributed by atoms with E-state index in [2.05, 4.69) is 24.0 Å². The average molecular weight is 309 g/mol. The molecule has 0 spiro atoms. The Kier molecular flexibility index (Phi) is 5.02. The van der Waals surface area contributed by atoms with Crippen LogP contribution in [0.5, 0.6) is 0 Å². The molecule has 2 unspecified atom stereocenters. The van der Waals surface area contributed by atoms with Crippen molar-refractivity contribution in [1.82, 2.24) is 4.98 Å². The van der Waals surface area contributed by atoms with Crippen molar-refractivity contribution in [3.8, 4) is 0 Å². The molecule has 116 valence electrons. The number of aryl methyl sites for hydroxylation is 1. The molecule has 2 heterocycles. The molecule has 1 saturated carbocycles. The topological polar surface area (TPSA) is 25.4 Å². The lowest BCUT2D eigenvalue weighted by atomic mass is 9.90. The predicted octanol–water partition coefficient (Wildman–Crippen LogP) is 3.92. The number of aromatic nitrogens is 1. The van der Waals surface area contributed by atoms with Gasteiger partial charge in [-0.05, 0) is 37.0 Å². The molecule has 3 rings (SSSR count). The number of fused-ring (bicyclic) bond motifs is 1. The summed E-state index contributed by atoms with van der Waals surface area (Å²) in [7, 11) is 0. The molecule has 0 N–H and O–H groups in total. The summed E-state index contributed by atoms with van der Waals surface area (Å²) in [5.74, 6) is 1.67. The van der Waals surface area contributed by atoms with E-state index in [1.165, 1.54) is 36.9 Å². The van der Waals surface area contributed by atoms with Gasteiger partial charge in [0, 0.05) is 18.1 Å². The van der Waals surface area contributed by atoms with Crippen LogP contribution in [0, 0.1) is 0 Å². The Morgan fingerprint density at radius 2 is 2.19 bits per heavy atom. The van der Waals surface area contributed by atoms with Crippen molar-refractivity contribution >= 4 is 17.4 Å². The molecule has 0 radical (unpaired) electrons. The highest BCUT2D eigenvalue weighted by Crippen LogP contribution is 2.32. The summed E-state index contributed by atoms with van der Waals surface area (Å²) in [6.07, 6.45) is 7.55. The highest BCUT2D eigenvalue weighted by Gasteiger charge is 2.34. The van der Waals surface area contributed by atoms with Crippen LogP contribution in [0.4, 0.5) is 5.82 Å². The number of rotatable bonds is 4. The summed E-state index contributed by atoms with van der Waals surface area (Å²) in [5.41, 5.74) is 2.36. The van der Waals surface area contributed by atoms with Crippen LogP contribution in [0.1, 0.15) is 50.3 Å². The monoisotopic (exact) mass is 308 g/mol. The third kappa shape index (κ3) is 3.35. The minimum Gasteiger partial charge on any atom is -0.374 e. The van der Waals surface area contributed by atoms with Crippen LogP contribution >= 0.6 is 11.6 Å². The lowest BCUT2D eigenvalue weighted by molar-refractivity contribution is -0.00900. The van der Waals surface area contributed by atoms with E-state index in [1.807, 2.05) is 0 Å². The predicted molar refractivity (Wildman–Crippen MR) is 87.1 cm³/mol. The summed E-state index contributed by atoms with van der Waals surface area (Å²) >= 11 is 6.08. The minimum atomic E-state index is 0.392. The molecule has 4 heteroatoms. The third-order valence-corrected chi connectivity index (χ3v) is 4.92. The Morgan fingerprint density at radius 1 is 1.33 bits per heavy atom. The lowest BCUT2D eigenvalue weighted by Crippen LogP contribution is -2.53. The molecule has 1 saturated heterocycles. The van der Waals surface area contributed by atoms with Crippen LogP contribution in [0.2, 0.25) is 0 Å². The van der Waals surface area contributed by atoms with Gasteiger partial charge in [0.1, 0.15) is 5.82 Å². The molecule has 2 fully saturated rings. The van der Waals surface area contributed by atoms with Gasteiger partial charge in [-0.25, -0.2) is 4.98 Å². The maximum Gasteiger partial charge on any atom is 0.129 e. The SMILES string of the molecule is CCCc1cc(CCl)cc(N2CCOC3CCCCC32)n1. The zero-order valence-electron chi connectivity index (χ0n) is 12.9. The molecule has 0 aromatic carbocycles. The van der Waals surface area contributed by atoms with Gasteiger partial charge in [-0.15, -0.1) is 11.6 Å². The first kappa shape index (κ1) is 15.1. The van der Waals surface area contributed by atoms with Crippen molar-refractivity contribution in [2.24, 2.45) is 0 Å². The Balaban J connectivity index is 1.88. The van der Waals surface area contributed by atoms with Gasteiger partial charge in [-0.3, -0.25) is 0 Å². The van der Waals surface area contributed by atoms with E-state index in [1.54, 1.807) is 0 Å². The molecule has 21 heavy (non-hydrogen) atoms. The van der Waals surface area contributed by atoms with E-state index >= 15 is 0 Å².